The van der Waals surface area contributed by atoms with Crippen LogP contribution < -0.4 is 15.4 Å². The fraction of sp³-hybridized carbons (Fsp3) is 0.143. The van der Waals surface area contributed by atoms with Crippen LogP contribution in [0.5, 0.6) is 5.75 Å². The minimum Gasteiger partial charge on any atom is -0.496 e. The first kappa shape index (κ1) is 19.5. The summed E-state index contributed by atoms with van der Waals surface area (Å²) in [5, 5.41) is 5.95. The Hall–Kier alpha value is -3.25. The number of aromatic nitrogens is 1. The lowest BCUT2D eigenvalue weighted by atomic mass is 10.1. The number of amides is 2. The molecular formula is C21H20ClN3O3. The van der Waals surface area contributed by atoms with E-state index in [0.717, 1.165) is 5.69 Å². The van der Waals surface area contributed by atoms with Crippen LogP contribution >= 0.6 is 11.6 Å². The molecule has 7 heteroatoms. The first-order valence-electron chi connectivity index (χ1n) is 8.72. The highest BCUT2D eigenvalue weighted by atomic mass is 35.5. The van der Waals surface area contributed by atoms with Gasteiger partial charge in [-0.15, -0.1) is 0 Å². The van der Waals surface area contributed by atoms with Gasteiger partial charge in [-0.25, -0.2) is 0 Å². The van der Waals surface area contributed by atoms with E-state index < -0.39 is 0 Å². The molecule has 0 spiro atoms. The third-order valence-corrected chi connectivity index (χ3v) is 4.43. The Morgan fingerprint density at radius 1 is 0.964 bits per heavy atom. The highest BCUT2D eigenvalue weighted by Gasteiger charge is 2.16. The number of hydrogen-bond acceptors (Lipinski definition) is 3. The van der Waals surface area contributed by atoms with Crippen LogP contribution in [0.3, 0.4) is 0 Å². The van der Waals surface area contributed by atoms with Crippen molar-refractivity contribution < 1.29 is 14.3 Å². The van der Waals surface area contributed by atoms with Crippen molar-refractivity contribution in [2.75, 3.05) is 20.2 Å². The minimum atomic E-state index is -0.327. The zero-order chi connectivity index (χ0) is 19.9. The maximum Gasteiger partial charge on any atom is 0.255 e. The lowest BCUT2D eigenvalue weighted by Crippen LogP contribution is -2.34. The Morgan fingerprint density at radius 2 is 1.61 bits per heavy atom. The van der Waals surface area contributed by atoms with Gasteiger partial charge in [0.15, 0.2) is 0 Å². The fourth-order valence-corrected chi connectivity index (χ4v) is 2.98. The summed E-state index contributed by atoms with van der Waals surface area (Å²) >= 11 is 6.35. The van der Waals surface area contributed by atoms with Crippen molar-refractivity contribution in [2.45, 2.75) is 0 Å². The third-order valence-electron chi connectivity index (χ3n) is 4.13. The van der Waals surface area contributed by atoms with Crippen molar-refractivity contribution in [2.24, 2.45) is 0 Å². The molecular weight excluding hydrogens is 378 g/mol. The molecule has 2 aromatic carbocycles. The average Bonchev–Trinajstić information content (AvgIpc) is 3.26. The van der Waals surface area contributed by atoms with E-state index in [4.69, 9.17) is 16.3 Å². The van der Waals surface area contributed by atoms with E-state index in [0.29, 0.717) is 28.4 Å². The van der Waals surface area contributed by atoms with Crippen molar-refractivity contribution in [3.8, 4) is 11.4 Å². The second kappa shape index (κ2) is 9.10. The maximum atomic E-state index is 12.5. The van der Waals surface area contributed by atoms with Crippen LogP contribution in [0, 0.1) is 0 Å². The average molecular weight is 398 g/mol. The molecule has 28 heavy (non-hydrogen) atoms. The van der Waals surface area contributed by atoms with E-state index in [1.165, 1.54) is 7.11 Å². The SMILES string of the molecule is COc1cc(-n2cccc2)c(Cl)cc1C(=O)NCCNC(=O)c1ccccc1. The van der Waals surface area contributed by atoms with Crippen molar-refractivity contribution in [3.05, 3.63) is 83.1 Å². The molecule has 0 saturated heterocycles. The molecule has 0 unspecified atom stereocenters. The molecule has 0 fully saturated rings. The molecule has 2 N–H and O–H groups in total. The Kier molecular flexibility index (Phi) is 6.34. The van der Waals surface area contributed by atoms with E-state index in [9.17, 15) is 9.59 Å². The van der Waals surface area contributed by atoms with Crippen molar-refractivity contribution >= 4 is 23.4 Å². The van der Waals surface area contributed by atoms with Crippen molar-refractivity contribution in [3.63, 3.8) is 0 Å². The number of halogens is 1. The molecule has 0 aliphatic carbocycles. The van der Waals surface area contributed by atoms with Gasteiger partial charge in [-0.3, -0.25) is 9.59 Å². The van der Waals surface area contributed by atoms with Crippen LogP contribution in [-0.4, -0.2) is 36.6 Å². The van der Waals surface area contributed by atoms with E-state index in [2.05, 4.69) is 10.6 Å². The normalized spacial score (nSPS) is 10.4. The number of benzene rings is 2. The van der Waals surface area contributed by atoms with Crippen LogP contribution in [0.2, 0.25) is 5.02 Å². The zero-order valence-electron chi connectivity index (χ0n) is 15.3. The molecule has 0 saturated carbocycles. The Labute approximate surface area is 168 Å². The van der Waals surface area contributed by atoms with Gasteiger partial charge in [0.1, 0.15) is 5.75 Å². The van der Waals surface area contributed by atoms with Crippen molar-refractivity contribution in [1.29, 1.82) is 0 Å². The fourth-order valence-electron chi connectivity index (χ4n) is 2.72. The molecule has 0 aliphatic heterocycles. The molecule has 0 radical (unpaired) electrons. The van der Waals surface area contributed by atoms with Gasteiger partial charge >= 0.3 is 0 Å². The molecule has 3 aromatic rings. The van der Waals surface area contributed by atoms with E-state index in [-0.39, 0.29) is 18.4 Å². The number of rotatable bonds is 7. The maximum absolute atomic E-state index is 12.5. The van der Waals surface area contributed by atoms with Crippen LogP contribution in [0.4, 0.5) is 0 Å². The minimum absolute atomic E-state index is 0.188. The first-order chi connectivity index (χ1) is 13.6. The summed E-state index contributed by atoms with van der Waals surface area (Å²) in [6.07, 6.45) is 3.71. The lowest BCUT2D eigenvalue weighted by Gasteiger charge is -2.14. The van der Waals surface area contributed by atoms with Crippen LogP contribution in [0.15, 0.2) is 67.0 Å². The molecule has 1 aromatic heterocycles. The molecule has 144 valence electrons. The number of ether oxygens (including phenoxy) is 1. The van der Waals surface area contributed by atoms with Gasteiger partial charge in [0, 0.05) is 37.1 Å². The molecule has 1 heterocycles. The van der Waals surface area contributed by atoms with Gasteiger partial charge in [0.2, 0.25) is 0 Å². The van der Waals surface area contributed by atoms with Gasteiger partial charge in [-0.05, 0) is 30.3 Å². The summed E-state index contributed by atoms with van der Waals surface area (Å²) in [5.74, 6) is -0.0998. The smallest absolute Gasteiger partial charge is 0.255 e. The number of carbonyl (C=O) groups is 2. The molecule has 0 bridgehead atoms. The topological polar surface area (TPSA) is 72.4 Å². The van der Waals surface area contributed by atoms with Gasteiger partial charge in [0.05, 0.1) is 23.4 Å². The van der Waals surface area contributed by atoms with E-state index in [1.807, 2.05) is 35.2 Å². The Balaban J connectivity index is 1.61. The summed E-state index contributed by atoms with van der Waals surface area (Å²) in [5.41, 5.74) is 1.62. The number of nitrogens with one attached hydrogen (secondary N) is 2. The van der Waals surface area contributed by atoms with Gasteiger partial charge in [0.25, 0.3) is 11.8 Å². The summed E-state index contributed by atoms with van der Waals surface area (Å²) in [6, 6.07) is 16.0. The van der Waals surface area contributed by atoms with Gasteiger partial charge in [-0.2, -0.15) is 0 Å². The second-order valence-corrected chi connectivity index (χ2v) is 6.38. The number of hydrogen-bond donors (Lipinski definition) is 2. The highest BCUT2D eigenvalue weighted by molar-refractivity contribution is 6.33. The number of methoxy groups -OCH3 is 1. The first-order valence-corrected chi connectivity index (χ1v) is 9.10. The third kappa shape index (κ3) is 4.53. The van der Waals surface area contributed by atoms with Crippen LogP contribution in [0.1, 0.15) is 20.7 Å². The molecule has 2 amide bonds. The van der Waals surface area contributed by atoms with E-state index in [1.54, 1.807) is 36.4 Å². The van der Waals surface area contributed by atoms with Crippen molar-refractivity contribution in [1.82, 2.24) is 15.2 Å². The molecule has 0 atom stereocenters. The monoisotopic (exact) mass is 397 g/mol. The largest absolute Gasteiger partial charge is 0.496 e. The van der Waals surface area contributed by atoms with E-state index >= 15 is 0 Å². The number of nitrogens with zero attached hydrogens (tertiary/aromatic N) is 1. The van der Waals surface area contributed by atoms with Gasteiger partial charge in [-0.1, -0.05) is 29.8 Å². The summed E-state index contributed by atoms with van der Waals surface area (Å²) in [7, 11) is 1.50. The Morgan fingerprint density at radius 3 is 2.25 bits per heavy atom. The summed E-state index contributed by atoms with van der Waals surface area (Å²) in [6.45, 7) is 0.578. The van der Waals surface area contributed by atoms with Gasteiger partial charge < -0.3 is 19.9 Å². The second-order valence-electron chi connectivity index (χ2n) is 5.97. The predicted octanol–water partition coefficient (Wildman–Crippen LogP) is 3.30. The molecule has 0 aliphatic rings. The summed E-state index contributed by atoms with van der Waals surface area (Å²) in [4.78, 5) is 24.5. The molecule has 6 nitrogen and oxygen atoms in total. The zero-order valence-corrected chi connectivity index (χ0v) is 16.1. The predicted molar refractivity (Wildman–Crippen MR) is 108 cm³/mol. The molecule has 3 rings (SSSR count). The Bertz CT molecular complexity index is 957. The van der Waals surface area contributed by atoms with Crippen LogP contribution in [0.25, 0.3) is 5.69 Å². The lowest BCUT2D eigenvalue weighted by molar-refractivity contribution is 0.0926. The quantitative estimate of drug-likeness (QED) is 0.601. The van der Waals surface area contributed by atoms with Crippen LogP contribution in [-0.2, 0) is 0 Å². The highest BCUT2D eigenvalue weighted by Crippen LogP contribution is 2.29. The summed E-state index contributed by atoms with van der Waals surface area (Å²) < 4.78 is 7.20. The number of carbonyl (C=O) groups excluding carboxylic acids is 2. The standard InChI is InChI=1S/C21H20ClN3O3/c1-28-19-14-18(25-11-5-6-12-25)17(22)13-16(19)21(27)24-10-9-23-20(26)15-7-3-2-4-8-15/h2-8,11-14H,9-10H2,1H3,(H,23,26)(H,24,27).